The third-order valence-electron chi connectivity index (χ3n) is 5.54. The Hall–Kier alpha value is -1.99. The maximum Gasteiger partial charge on any atom is 0.257 e. The topological polar surface area (TPSA) is 79.9 Å². The van der Waals surface area contributed by atoms with Gasteiger partial charge in [-0.2, -0.15) is 0 Å². The van der Waals surface area contributed by atoms with Crippen LogP contribution in [0.1, 0.15) is 36.0 Å². The highest BCUT2D eigenvalue weighted by atomic mass is 35.5. The number of benzene rings is 1. The molecule has 7 nitrogen and oxygen atoms in total. The first-order valence-electron chi connectivity index (χ1n) is 9.91. The standard InChI is InChI=1S/C20H27N3O4.ClH/c24-19(16-6-2-8-21-16)22-12-14-4-3-9-23(13-14)20(25)15-5-1-7-17-18(15)27-11-10-26-17;/h1,5,7,14,16,21H,2-4,6,8-13H2,(H,22,24);1H. The number of rotatable bonds is 4. The number of hydrogen-bond acceptors (Lipinski definition) is 5. The van der Waals surface area contributed by atoms with E-state index in [9.17, 15) is 9.59 Å². The van der Waals surface area contributed by atoms with Crippen LogP contribution in [0.5, 0.6) is 11.5 Å². The SMILES string of the molecule is Cl.O=C(NCC1CCCN(C(=O)c2cccc3c2OCCO3)C1)C1CCCN1. The lowest BCUT2D eigenvalue weighted by molar-refractivity contribution is -0.123. The summed E-state index contributed by atoms with van der Waals surface area (Å²) in [7, 11) is 0. The molecule has 3 aliphatic rings. The summed E-state index contributed by atoms with van der Waals surface area (Å²) in [4.78, 5) is 27.1. The van der Waals surface area contributed by atoms with Gasteiger partial charge in [0, 0.05) is 19.6 Å². The number of nitrogens with zero attached hydrogens (tertiary/aromatic N) is 1. The zero-order chi connectivity index (χ0) is 18.6. The van der Waals surface area contributed by atoms with Gasteiger partial charge in [0.05, 0.1) is 11.6 Å². The van der Waals surface area contributed by atoms with Gasteiger partial charge in [0.1, 0.15) is 13.2 Å². The molecule has 0 aromatic heterocycles. The Morgan fingerprint density at radius 1 is 1.18 bits per heavy atom. The number of amides is 2. The van der Waals surface area contributed by atoms with Crippen LogP contribution in [0, 0.1) is 5.92 Å². The zero-order valence-electron chi connectivity index (χ0n) is 15.9. The summed E-state index contributed by atoms with van der Waals surface area (Å²) in [5.41, 5.74) is 0.562. The van der Waals surface area contributed by atoms with Gasteiger partial charge >= 0.3 is 0 Å². The van der Waals surface area contributed by atoms with Crippen LogP contribution in [0.2, 0.25) is 0 Å². The van der Waals surface area contributed by atoms with Crippen molar-refractivity contribution in [3.8, 4) is 11.5 Å². The van der Waals surface area contributed by atoms with Gasteiger partial charge in [-0.15, -0.1) is 12.4 Å². The molecule has 3 heterocycles. The van der Waals surface area contributed by atoms with E-state index in [1.165, 1.54) is 0 Å². The fourth-order valence-electron chi connectivity index (χ4n) is 4.11. The first-order valence-corrected chi connectivity index (χ1v) is 9.91. The van der Waals surface area contributed by atoms with Gasteiger partial charge in [0.15, 0.2) is 11.5 Å². The van der Waals surface area contributed by atoms with Gasteiger partial charge in [-0.25, -0.2) is 0 Å². The van der Waals surface area contributed by atoms with Crippen molar-refractivity contribution in [1.82, 2.24) is 15.5 Å². The third kappa shape index (κ3) is 4.52. The molecule has 2 atom stereocenters. The maximum absolute atomic E-state index is 13.1. The molecule has 0 spiro atoms. The van der Waals surface area contributed by atoms with E-state index in [1.54, 1.807) is 6.07 Å². The second-order valence-corrected chi connectivity index (χ2v) is 7.48. The van der Waals surface area contributed by atoms with Crippen LogP contribution in [-0.2, 0) is 4.79 Å². The van der Waals surface area contributed by atoms with E-state index in [-0.39, 0.29) is 36.2 Å². The van der Waals surface area contributed by atoms with Gasteiger partial charge < -0.3 is 25.0 Å². The summed E-state index contributed by atoms with van der Waals surface area (Å²) < 4.78 is 11.3. The molecule has 0 aliphatic carbocycles. The lowest BCUT2D eigenvalue weighted by atomic mass is 9.97. The van der Waals surface area contributed by atoms with Crippen molar-refractivity contribution in [2.75, 3.05) is 39.4 Å². The molecule has 2 N–H and O–H groups in total. The molecule has 4 rings (SSSR count). The third-order valence-corrected chi connectivity index (χ3v) is 5.54. The highest BCUT2D eigenvalue weighted by Gasteiger charge is 2.29. The number of likely N-dealkylation sites (tertiary alicyclic amines) is 1. The molecule has 1 aromatic rings. The van der Waals surface area contributed by atoms with E-state index in [0.29, 0.717) is 43.4 Å². The quantitative estimate of drug-likeness (QED) is 0.789. The molecule has 154 valence electrons. The van der Waals surface area contributed by atoms with Crippen molar-refractivity contribution < 1.29 is 19.1 Å². The fourth-order valence-corrected chi connectivity index (χ4v) is 4.11. The first kappa shape index (κ1) is 20.7. The van der Waals surface area contributed by atoms with Gasteiger partial charge in [0.25, 0.3) is 5.91 Å². The van der Waals surface area contributed by atoms with E-state index in [1.807, 2.05) is 17.0 Å². The normalized spacial score (nSPS) is 23.6. The second-order valence-electron chi connectivity index (χ2n) is 7.48. The number of carbonyl (C=O) groups excluding carboxylic acids is 2. The highest BCUT2D eigenvalue weighted by molar-refractivity contribution is 5.98. The van der Waals surface area contributed by atoms with Gasteiger partial charge in [-0.1, -0.05) is 6.07 Å². The minimum Gasteiger partial charge on any atom is -0.486 e. The summed E-state index contributed by atoms with van der Waals surface area (Å²) in [5.74, 6) is 1.53. The maximum atomic E-state index is 13.1. The molecular formula is C20H28ClN3O4. The van der Waals surface area contributed by atoms with Crippen molar-refractivity contribution >= 4 is 24.2 Å². The van der Waals surface area contributed by atoms with Crippen LogP contribution in [0.4, 0.5) is 0 Å². The number of para-hydroxylation sites is 1. The largest absolute Gasteiger partial charge is 0.486 e. The van der Waals surface area contributed by atoms with Gasteiger partial charge in [-0.3, -0.25) is 9.59 Å². The molecular weight excluding hydrogens is 382 g/mol. The number of hydrogen-bond donors (Lipinski definition) is 2. The van der Waals surface area contributed by atoms with Crippen molar-refractivity contribution in [2.45, 2.75) is 31.7 Å². The first-order chi connectivity index (χ1) is 13.2. The molecule has 2 fully saturated rings. The zero-order valence-corrected chi connectivity index (χ0v) is 16.8. The molecule has 0 radical (unpaired) electrons. The Labute approximate surface area is 171 Å². The molecule has 1 aromatic carbocycles. The van der Waals surface area contributed by atoms with Crippen molar-refractivity contribution in [1.29, 1.82) is 0 Å². The van der Waals surface area contributed by atoms with Crippen LogP contribution in [0.25, 0.3) is 0 Å². The monoisotopic (exact) mass is 409 g/mol. The second kappa shape index (κ2) is 9.47. The Bertz CT molecular complexity index is 709. The Morgan fingerprint density at radius 3 is 2.86 bits per heavy atom. The fraction of sp³-hybridized carbons (Fsp3) is 0.600. The molecule has 0 saturated carbocycles. The van der Waals surface area contributed by atoms with Crippen molar-refractivity contribution in [3.63, 3.8) is 0 Å². The molecule has 8 heteroatoms. The number of halogens is 1. The summed E-state index contributed by atoms with van der Waals surface area (Å²) in [6, 6.07) is 5.40. The Morgan fingerprint density at radius 2 is 2.04 bits per heavy atom. The van der Waals surface area contributed by atoms with Crippen molar-refractivity contribution in [2.24, 2.45) is 5.92 Å². The summed E-state index contributed by atoms with van der Waals surface area (Å²) >= 11 is 0. The van der Waals surface area contributed by atoms with Crippen LogP contribution < -0.4 is 20.1 Å². The van der Waals surface area contributed by atoms with Crippen LogP contribution in [0.15, 0.2) is 18.2 Å². The molecule has 0 bridgehead atoms. The minimum absolute atomic E-state index is 0. The van der Waals surface area contributed by atoms with Crippen LogP contribution >= 0.6 is 12.4 Å². The van der Waals surface area contributed by atoms with E-state index < -0.39 is 0 Å². The lowest BCUT2D eigenvalue weighted by Crippen LogP contribution is -2.46. The van der Waals surface area contributed by atoms with E-state index in [2.05, 4.69) is 10.6 Å². The summed E-state index contributed by atoms with van der Waals surface area (Å²) in [5, 5.41) is 6.28. The number of ether oxygens (including phenoxy) is 2. The molecule has 3 aliphatic heterocycles. The predicted molar refractivity (Wildman–Crippen MR) is 107 cm³/mol. The number of carbonyl (C=O) groups is 2. The number of piperidine rings is 1. The molecule has 2 unspecified atom stereocenters. The average molecular weight is 410 g/mol. The van der Waals surface area contributed by atoms with Crippen LogP contribution in [0.3, 0.4) is 0 Å². The van der Waals surface area contributed by atoms with E-state index in [0.717, 1.165) is 38.8 Å². The van der Waals surface area contributed by atoms with Gasteiger partial charge in [0.2, 0.25) is 5.91 Å². The predicted octanol–water partition coefficient (Wildman–Crippen LogP) is 1.60. The Balaban J connectivity index is 0.00000225. The Kier molecular flexibility index (Phi) is 7.02. The van der Waals surface area contributed by atoms with E-state index >= 15 is 0 Å². The van der Waals surface area contributed by atoms with Gasteiger partial charge in [-0.05, 0) is 50.3 Å². The van der Waals surface area contributed by atoms with Crippen molar-refractivity contribution in [3.05, 3.63) is 23.8 Å². The number of fused-ring (bicyclic) bond motifs is 1. The minimum atomic E-state index is -0.0562. The molecule has 28 heavy (non-hydrogen) atoms. The number of nitrogens with one attached hydrogen (secondary N) is 2. The van der Waals surface area contributed by atoms with Crippen LogP contribution in [-0.4, -0.2) is 62.1 Å². The smallest absolute Gasteiger partial charge is 0.257 e. The molecule has 2 amide bonds. The molecule has 2 saturated heterocycles. The lowest BCUT2D eigenvalue weighted by Gasteiger charge is -2.33. The highest BCUT2D eigenvalue weighted by Crippen LogP contribution is 2.34. The summed E-state index contributed by atoms with van der Waals surface area (Å²) in [6.45, 7) is 3.89. The average Bonchev–Trinajstić information content (AvgIpc) is 3.26. The summed E-state index contributed by atoms with van der Waals surface area (Å²) in [6.07, 6.45) is 3.92. The van der Waals surface area contributed by atoms with E-state index in [4.69, 9.17) is 9.47 Å².